The number of hydrogen-bond donors (Lipinski definition) is 2. The van der Waals surface area contributed by atoms with Gasteiger partial charge in [0.25, 0.3) is 11.8 Å². The number of halogens is 1. The Balaban J connectivity index is 1.59. The summed E-state index contributed by atoms with van der Waals surface area (Å²) in [6.45, 7) is 2.42. The normalized spacial score (nSPS) is 19.3. The Kier molecular flexibility index (Phi) is 6.79. The van der Waals surface area contributed by atoms with Gasteiger partial charge >= 0.3 is 0 Å². The predicted octanol–water partition coefficient (Wildman–Crippen LogP) is 1.95. The van der Waals surface area contributed by atoms with Gasteiger partial charge in [0.15, 0.2) is 0 Å². The average Bonchev–Trinajstić information content (AvgIpc) is 3.38. The van der Waals surface area contributed by atoms with Crippen molar-refractivity contribution in [2.24, 2.45) is 0 Å². The topological polar surface area (TPSA) is 70.7 Å². The first-order chi connectivity index (χ1) is 13.1. The van der Waals surface area contributed by atoms with Gasteiger partial charge in [0.1, 0.15) is 5.82 Å². The van der Waals surface area contributed by atoms with Gasteiger partial charge < -0.3 is 20.3 Å². The van der Waals surface area contributed by atoms with E-state index in [1.165, 1.54) is 31.0 Å². The molecule has 1 saturated carbocycles. The number of benzene rings is 1. The molecule has 2 aliphatic rings. The Morgan fingerprint density at radius 3 is 2.81 bits per heavy atom. The maximum absolute atomic E-state index is 14.3. The molecule has 1 aromatic carbocycles. The van der Waals surface area contributed by atoms with Crippen LogP contribution in [0.3, 0.4) is 0 Å². The Labute approximate surface area is 159 Å². The molecular formula is C20H28FN3O3. The second-order valence-electron chi connectivity index (χ2n) is 7.28. The third-order valence-electron chi connectivity index (χ3n) is 5.11. The lowest BCUT2D eigenvalue weighted by Crippen LogP contribution is -2.38. The fraction of sp³-hybridized carbons (Fsp3) is 0.600. The van der Waals surface area contributed by atoms with Gasteiger partial charge in [-0.3, -0.25) is 9.59 Å². The van der Waals surface area contributed by atoms with Crippen molar-refractivity contribution in [2.45, 2.75) is 44.2 Å². The molecule has 1 heterocycles. The van der Waals surface area contributed by atoms with Crippen LogP contribution in [-0.2, 0) is 4.74 Å². The number of nitrogens with zero attached hydrogens (tertiary/aromatic N) is 1. The summed E-state index contributed by atoms with van der Waals surface area (Å²) < 4.78 is 19.4. The molecule has 2 amide bonds. The number of hydrogen-bond acceptors (Lipinski definition) is 4. The molecule has 0 aromatic heterocycles. The van der Waals surface area contributed by atoms with Crippen LogP contribution in [0, 0.1) is 5.82 Å². The predicted molar refractivity (Wildman–Crippen MR) is 100 cm³/mol. The summed E-state index contributed by atoms with van der Waals surface area (Å²) in [7, 11) is 1.59. The Morgan fingerprint density at radius 2 is 2.07 bits per heavy atom. The number of likely N-dealkylation sites (tertiary alicyclic amines) is 1. The highest BCUT2D eigenvalue weighted by Gasteiger charge is 2.31. The molecule has 1 aromatic rings. The van der Waals surface area contributed by atoms with Crippen LogP contribution >= 0.6 is 0 Å². The third kappa shape index (κ3) is 5.26. The third-order valence-corrected chi connectivity index (χ3v) is 5.11. The van der Waals surface area contributed by atoms with Gasteiger partial charge in [0.2, 0.25) is 0 Å². The first-order valence-electron chi connectivity index (χ1n) is 9.71. The van der Waals surface area contributed by atoms with Gasteiger partial charge in [-0.05, 0) is 56.8 Å². The molecule has 1 aliphatic heterocycles. The highest BCUT2D eigenvalue weighted by atomic mass is 19.1. The van der Waals surface area contributed by atoms with E-state index in [1.54, 1.807) is 12.0 Å². The van der Waals surface area contributed by atoms with E-state index in [0.29, 0.717) is 31.3 Å². The van der Waals surface area contributed by atoms with Gasteiger partial charge in [-0.1, -0.05) is 0 Å². The Morgan fingerprint density at radius 1 is 1.26 bits per heavy atom. The minimum absolute atomic E-state index is 0.0432. The summed E-state index contributed by atoms with van der Waals surface area (Å²) in [5, 5.41) is 6.22. The molecular weight excluding hydrogens is 349 g/mol. The molecule has 27 heavy (non-hydrogen) atoms. The highest BCUT2D eigenvalue weighted by molar-refractivity contribution is 6.00. The van der Waals surface area contributed by atoms with Crippen LogP contribution in [0.5, 0.6) is 0 Å². The lowest BCUT2D eigenvalue weighted by atomic mass is 10.1. The number of nitrogens with one attached hydrogen (secondary N) is 2. The van der Waals surface area contributed by atoms with Crippen molar-refractivity contribution in [3.8, 4) is 0 Å². The fourth-order valence-corrected chi connectivity index (χ4v) is 3.44. The number of amides is 2. The Hall–Kier alpha value is -1.99. The van der Waals surface area contributed by atoms with Gasteiger partial charge in [-0.25, -0.2) is 4.39 Å². The molecule has 6 nitrogen and oxygen atoms in total. The van der Waals surface area contributed by atoms with Crippen LogP contribution in [0.4, 0.5) is 4.39 Å². The molecule has 1 aliphatic carbocycles. The zero-order valence-corrected chi connectivity index (χ0v) is 15.8. The number of methoxy groups -OCH3 is 1. The van der Waals surface area contributed by atoms with Crippen molar-refractivity contribution in [3.05, 3.63) is 35.1 Å². The smallest absolute Gasteiger partial charge is 0.257 e. The number of ether oxygens (including phenoxy) is 1. The first kappa shape index (κ1) is 19.8. The minimum atomic E-state index is -0.603. The van der Waals surface area contributed by atoms with Crippen molar-refractivity contribution in [2.75, 3.05) is 33.4 Å². The zero-order valence-electron chi connectivity index (χ0n) is 15.8. The van der Waals surface area contributed by atoms with Crippen LogP contribution in [0.15, 0.2) is 18.2 Å². The SMILES string of the molecule is COCC1CCCN1C(=O)c1cc(C(=O)NCCCNC2CC2)ccc1F. The molecule has 7 heteroatoms. The van der Waals surface area contributed by atoms with Crippen molar-refractivity contribution in [3.63, 3.8) is 0 Å². The maximum Gasteiger partial charge on any atom is 0.257 e. The molecule has 3 rings (SSSR count). The van der Waals surface area contributed by atoms with E-state index in [9.17, 15) is 14.0 Å². The molecule has 0 radical (unpaired) electrons. The summed E-state index contributed by atoms with van der Waals surface area (Å²) in [6.07, 6.45) is 5.02. The summed E-state index contributed by atoms with van der Waals surface area (Å²) in [5.41, 5.74) is 0.249. The molecule has 1 atom stereocenters. The van der Waals surface area contributed by atoms with E-state index < -0.39 is 5.82 Å². The van der Waals surface area contributed by atoms with E-state index in [1.807, 2.05) is 0 Å². The van der Waals surface area contributed by atoms with E-state index in [4.69, 9.17) is 4.74 Å². The van der Waals surface area contributed by atoms with Crippen LogP contribution in [0.2, 0.25) is 0 Å². The molecule has 1 unspecified atom stereocenters. The molecule has 0 bridgehead atoms. The lowest BCUT2D eigenvalue weighted by Gasteiger charge is -2.24. The van der Waals surface area contributed by atoms with Gasteiger partial charge in [0, 0.05) is 31.8 Å². The highest BCUT2D eigenvalue weighted by Crippen LogP contribution is 2.22. The monoisotopic (exact) mass is 377 g/mol. The van der Waals surface area contributed by atoms with Crippen LogP contribution in [0.25, 0.3) is 0 Å². The molecule has 148 valence electrons. The second-order valence-corrected chi connectivity index (χ2v) is 7.28. The van der Waals surface area contributed by atoms with Gasteiger partial charge in [-0.15, -0.1) is 0 Å². The van der Waals surface area contributed by atoms with Crippen molar-refractivity contribution < 1.29 is 18.7 Å². The number of carbonyl (C=O) groups excluding carboxylic acids is 2. The van der Waals surface area contributed by atoms with Crippen LogP contribution in [0.1, 0.15) is 52.8 Å². The van der Waals surface area contributed by atoms with Crippen molar-refractivity contribution >= 4 is 11.8 Å². The molecule has 0 spiro atoms. The molecule has 2 fully saturated rings. The van der Waals surface area contributed by atoms with Crippen molar-refractivity contribution in [1.82, 2.24) is 15.5 Å². The fourth-order valence-electron chi connectivity index (χ4n) is 3.44. The van der Waals surface area contributed by atoms with Crippen LogP contribution in [-0.4, -0.2) is 62.1 Å². The van der Waals surface area contributed by atoms with Gasteiger partial charge in [0.05, 0.1) is 18.2 Å². The average molecular weight is 377 g/mol. The zero-order chi connectivity index (χ0) is 19.2. The number of rotatable bonds is 9. The standard InChI is InChI=1S/C20H28FN3O3/c1-27-13-16-4-2-11-24(16)20(26)17-12-14(5-8-18(17)21)19(25)23-10-3-9-22-15-6-7-15/h5,8,12,15-16,22H,2-4,6-7,9-11,13H2,1H3,(H,23,25). The van der Waals surface area contributed by atoms with E-state index in [-0.39, 0.29) is 23.4 Å². The summed E-state index contributed by atoms with van der Waals surface area (Å²) in [5.74, 6) is -1.27. The number of carbonyl (C=O) groups is 2. The van der Waals surface area contributed by atoms with Gasteiger partial charge in [-0.2, -0.15) is 0 Å². The molecule has 1 saturated heterocycles. The van der Waals surface area contributed by atoms with E-state index in [2.05, 4.69) is 10.6 Å². The van der Waals surface area contributed by atoms with Crippen molar-refractivity contribution in [1.29, 1.82) is 0 Å². The summed E-state index contributed by atoms with van der Waals surface area (Å²) in [4.78, 5) is 26.8. The van der Waals surface area contributed by atoms with E-state index in [0.717, 1.165) is 25.8 Å². The summed E-state index contributed by atoms with van der Waals surface area (Å²) >= 11 is 0. The Bertz CT molecular complexity index is 678. The van der Waals surface area contributed by atoms with Crippen LogP contribution < -0.4 is 10.6 Å². The minimum Gasteiger partial charge on any atom is -0.383 e. The second kappa shape index (κ2) is 9.28. The quantitative estimate of drug-likeness (QED) is 0.646. The molecule has 2 N–H and O–H groups in total. The first-order valence-corrected chi connectivity index (χ1v) is 9.71. The lowest BCUT2D eigenvalue weighted by molar-refractivity contribution is 0.0626. The maximum atomic E-state index is 14.3. The van der Waals surface area contributed by atoms with E-state index >= 15 is 0 Å². The summed E-state index contributed by atoms with van der Waals surface area (Å²) in [6, 6.07) is 4.58. The largest absolute Gasteiger partial charge is 0.383 e.